The molecule has 1 atom stereocenters. The van der Waals surface area contributed by atoms with Gasteiger partial charge in [0.15, 0.2) is 0 Å². The standard InChI is InChI=1S/C17H25NO2/c1-12-9-13(2)15(14(3)10-12)11-16(17(19)20)18-7-5-4-6-8-18/h9-10,16H,4-8,11H2,1-3H3,(H,19,20)/t16-/m0/s1. The van der Waals surface area contributed by atoms with Crippen LogP contribution in [0.15, 0.2) is 12.1 Å². The van der Waals surface area contributed by atoms with Crippen molar-refractivity contribution in [1.82, 2.24) is 4.90 Å². The summed E-state index contributed by atoms with van der Waals surface area (Å²) in [6.07, 6.45) is 4.09. The van der Waals surface area contributed by atoms with Crippen molar-refractivity contribution in [3.63, 3.8) is 0 Å². The molecular weight excluding hydrogens is 250 g/mol. The zero-order chi connectivity index (χ0) is 14.7. The van der Waals surface area contributed by atoms with Crippen LogP contribution in [0.4, 0.5) is 0 Å². The molecule has 0 spiro atoms. The number of aliphatic carboxylic acids is 1. The third-order valence-corrected chi connectivity index (χ3v) is 4.35. The van der Waals surface area contributed by atoms with E-state index >= 15 is 0 Å². The number of benzene rings is 1. The molecule has 20 heavy (non-hydrogen) atoms. The summed E-state index contributed by atoms with van der Waals surface area (Å²) >= 11 is 0. The van der Waals surface area contributed by atoms with Gasteiger partial charge >= 0.3 is 5.97 Å². The van der Waals surface area contributed by atoms with Gasteiger partial charge in [-0.2, -0.15) is 0 Å². The minimum absolute atomic E-state index is 0.379. The Morgan fingerprint density at radius 3 is 2.20 bits per heavy atom. The lowest BCUT2D eigenvalue weighted by molar-refractivity contribution is -0.143. The first-order chi connectivity index (χ1) is 9.49. The maximum absolute atomic E-state index is 11.7. The van der Waals surface area contributed by atoms with E-state index in [2.05, 4.69) is 37.8 Å². The highest BCUT2D eigenvalue weighted by Gasteiger charge is 2.27. The second-order valence-electron chi connectivity index (χ2n) is 6.03. The molecule has 1 aromatic carbocycles. The van der Waals surface area contributed by atoms with Crippen LogP contribution < -0.4 is 0 Å². The fraction of sp³-hybridized carbons (Fsp3) is 0.588. The summed E-state index contributed by atoms with van der Waals surface area (Å²) in [5.74, 6) is -0.689. The van der Waals surface area contributed by atoms with Crippen molar-refractivity contribution in [3.05, 3.63) is 34.4 Å². The number of carboxylic acid groups (broad SMARTS) is 1. The summed E-state index contributed by atoms with van der Waals surface area (Å²) in [5.41, 5.74) is 4.87. The van der Waals surface area contributed by atoms with E-state index in [1.54, 1.807) is 0 Å². The van der Waals surface area contributed by atoms with Crippen molar-refractivity contribution in [2.24, 2.45) is 0 Å². The van der Waals surface area contributed by atoms with Gasteiger partial charge in [-0.1, -0.05) is 24.1 Å². The van der Waals surface area contributed by atoms with E-state index in [0.29, 0.717) is 6.42 Å². The van der Waals surface area contributed by atoms with Gasteiger partial charge in [-0.05, 0) is 69.8 Å². The molecular formula is C17H25NO2. The third-order valence-electron chi connectivity index (χ3n) is 4.35. The second kappa shape index (κ2) is 6.40. The molecule has 1 N–H and O–H groups in total. The predicted molar refractivity (Wildman–Crippen MR) is 81.2 cm³/mol. The van der Waals surface area contributed by atoms with Crippen LogP contribution in [0.5, 0.6) is 0 Å². The van der Waals surface area contributed by atoms with Gasteiger partial charge < -0.3 is 5.11 Å². The molecule has 110 valence electrons. The Kier molecular flexibility index (Phi) is 4.81. The minimum atomic E-state index is -0.689. The molecule has 1 saturated heterocycles. The number of hydrogen-bond donors (Lipinski definition) is 1. The molecule has 2 rings (SSSR count). The van der Waals surface area contributed by atoms with E-state index in [1.165, 1.54) is 28.7 Å². The average Bonchev–Trinajstić information content (AvgIpc) is 2.38. The van der Waals surface area contributed by atoms with Crippen molar-refractivity contribution in [1.29, 1.82) is 0 Å². The molecule has 1 heterocycles. The van der Waals surface area contributed by atoms with Crippen LogP contribution in [0, 0.1) is 20.8 Å². The topological polar surface area (TPSA) is 40.5 Å². The fourth-order valence-corrected chi connectivity index (χ4v) is 3.33. The number of rotatable bonds is 4. The highest BCUT2D eigenvalue weighted by Crippen LogP contribution is 2.22. The molecule has 0 aliphatic carbocycles. The third kappa shape index (κ3) is 3.40. The minimum Gasteiger partial charge on any atom is -0.480 e. The molecule has 1 fully saturated rings. The van der Waals surface area contributed by atoms with Gasteiger partial charge in [0.1, 0.15) is 6.04 Å². The predicted octanol–water partition coefficient (Wildman–Crippen LogP) is 3.09. The van der Waals surface area contributed by atoms with Gasteiger partial charge in [0.2, 0.25) is 0 Å². The molecule has 3 heteroatoms. The smallest absolute Gasteiger partial charge is 0.321 e. The Balaban J connectivity index is 2.22. The highest BCUT2D eigenvalue weighted by atomic mass is 16.4. The Labute approximate surface area is 121 Å². The van der Waals surface area contributed by atoms with Crippen LogP contribution >= 0.6 is 0 Å². The highest BCUT2D eigenvalue weighted by molar-refractivity contribution is 5.74. The number of carboxylic acids is 1. The average molecular weight is 275 g/mol. The van der Waals surface area contributed by atoms with Crippen molar-refractivity contribution >= 4 is 5.97 Å². The van der Waals surface area contributed by atoms with Crippen molar-refractivity contribution < 1.29 is 9.90 Å². The first kappa shape index (κ1) is 15.0. The SMILES string of the molecule is Cc1cc(C)c(C[C@@H](C(=O)O)N2CCCCC2)c(C)c1. The largest absolute Gasteiger partial charge is 0.480 e. The molecule has 0 radical (unpaired) electrons. The molecule has 0 aromatic heterocycles. The van der Waals surface area contributed by atoms with Crippen LogP contribution in [0.1, 0.15) is 41.5 Å². The maximum Gasteiger partial charge on any atom is 0.321 e. The molecule has 0 amide bonds. The Morgan fingerprint density at radius 2 is 1.70 bits per heavy atom. The van der Waals surface area contributed by atoms with Crippen molar-refractivity contribution in [2.45, 2.75) is 52.5 Å². The molecule has 0 bridgehead atoms. The zero-order valence-corrected chi connectivity index (χ0v) is 12.8. The lowest BCUT2D eigenvalue weighted by Gasteiger charge is -2.32. The monoisotopic (exact) mass is 275 g/mol. The van der Waals surface area contributed by atoms with Crippen LogP contribution in [-0.2, 0) is 11.2 Å². The van der Waals surface area contributed by atoms with Gasteiger partial charge in [0, 0.05) is 0 Å². The quantitative estimate of drug-likeness (QED) is 0.918. The summed E-state index contributed by atoms with van der Waals surface area (Å²) in [6.45, 7) is 8.10. The number of carbonyl (C=O) groups is 1. The van der Waals surface area contributed by atoms with E-state index in [1.807, 2.05) is 0 Å². The molecule has 1 aliphatic rings. The molecule has 1 aliphatic heterocycles. The van der Waals surface area contributed by atoms with Crippen LogP contribution in [0.3, 0.4) is 0 Å². The van der Waals surface area contributed by atoms with Crippen LogP contribution in [-0.4, -0.2) is 35.1 Å². The summed E-state index contributed by atoms with van der Waals surface area (Å²) in [7, 11) is 0. The lowest BCUT2D eigenvalue weighted by atomic mass is 9.93. The van der Waals surface area contributed by atoms with Gasteiger partial charge in [0.05, 0.1) is 0 Å². The summed E-state index contributed by atoms with van der Waals surface area (Å²) in [5, 5.41) is 9.58. The summed E-state index contributed by atoms with van der Waals surface area (Å²) in [6, 6.07) is 3.92. The van der Waals surface area contributed by atoms with Crippen LogP contribution in [0.25, 0.3) is 0 Å². The molecule has 0 saturated carbocycles. The first-order valence-electron chi connectivity index (χ1n) is 7.52. The lowest BCUT2D eigenvalue weighted by Crippen LogP contribution is -2.45. The van der Waals surface area contributed by atoms with Gasteiger partial charge in [-0.3, -0.25) is 9.69 Å². The van der Waals surface area contributed by atoms with Gasteiger partial charge in [0.25, 0.3) is 0 Å². The number of likely N-dealkylation sites (tertiary alicyclic amines) is 1. The summed E-state index contributed by atoms with van der Waals surface area (Å²) in [4.78, 5) is 13.8. The normalized spacial score (nSPS) is 17.9. The van der Waals surface area contributed by atoms with E-state index < -0.39 is 5.97 Å². The van der Waals surface area contributed by atoms with Gasteiger partial charge in [-0.25, -0.2) is 0 Å². The maximum atomic E-state index is 11.7. The fourth-order valence-electron chi connectivity index (χ4n) is 3.33. The molecule has 1 aromatic rings. The van der Waals surface area contributed by atoms with Crippen molar-refractivity contribution in [2.75, 3.05) is 13.1 Å². The second-order valence-corrected chi connectivity index (χ2v) is 6.03. The van der Waals surface area contributed by atoms with E-state index in [-0.39, 0.29) is 6.04 Å². The Hall–Kier alpha value is -1.35. The first-order valence-corrected chi connectivity index (χ1v) is 7.52. The number of aryl methyl sites for hydroxylation is 3. The van der Waals surface area contributed by atoms with E-state index in [4.69, 9.17) is 0 Å². The van der Waals surface area contributed by atoms with E-state index in [9.17, 15) is 9.90 Å². The molecule has 0 unspecified atom stereocenters. The van der Waals surface area contributed by atoms with Crippen molar-refractivity contribution in [3.8, 4) is 0 Å². The zero-order valence-electron chi connectivity index (χ0n) is 12.8. The Morgan fingerprint density at radius 1 is 1.15 bits per heavy atom. The van der Waals surface area contributed by atoms with E-state index in [0.717, 1.165) is 25.9 Å². The molecule has 3 nitrogen and oxygen atoms in total. The Bertz CT molecular complexity index is 467. The number of hydrogen-bond acceptors (Lipinski definition) is 2. The number of nitrogens with zero attached hydrogens (tertiary/aromatic N) is 1. The number of piperidine rings is 1. The summed E-state index contributed by atoms with van der Waals surface area (Å²) < 4.78 is 0. The van der Waals surface area contributed by atoms with Crippen LogP contribution in [0.2, 0.25) is 0 Å². The van der Waals surface area contributed by atoms with Gasteiger partial charge in [-0.15, -0.1) is 0 Å².